The first-order valence-electron chi connectivity index (χ1n) is 16.1. The molecule has 0 unspecified atom stereocenters. The molecule has 0 N–H and O–H groups in total. The van der Waals surface area contributed by atoms with Gasteiger partial charge in [0.1, 0.15) is 16.7 Å². The lowest BCUT2D eigenvalue weighted by molar-refractivity contribution is -0.136. The molecular weight excluding hydrogens is 641 g/mol. The lowest BCUT2D eigenvalue weighted by Gasteiger charge is -2.41. The minimum atomic E-state index is -1.02. The van der Waals surface area contributed by atoms with Crippen molar-refractivity contribution in [3.8, 4) is 0 Å². The second-order valence-electron chi connectivity index (χ2n) is 11.5. The first-order chi connectivity index (χ1) is 23.9. The maximum absolute atomic E-state index is 14.2. The topological polar surface area (TPSA) is 113 Å². The molecule has 0 bridgehead atoms. The number of nitrogens with zero attached hydrogens (tertiary/aromatic N) is 4. The maximum atomic E-state index is 14.2. The molecule has 1 fully saturated rings. The molecule has 10 nitrogen and oxygen atoms in total. The van der Waals surface area contributed by atoms with Crippen molar-refractivity contribution in [1.29, 1.82) is 0 Å². The van der Waals surface area contributed by atoms with Crippen LogP contribution in [0.3, 0.4) is 0 Å². The van der Waals surface area contributed by atoms with Gasteiger partial charge in [0.25, 0.3) is 0 Å². The first kappa shape index (κ1) is 33.6. The van der Waals surface area contributed by atoms with Crippen molar-refractivity contribution in [1.82, 2.24) is 19.1 Å². The second kappa shape index (κ2) is 15.3. The number of hydrogen-bond acceptors (Lipinski definition) is 9. The Morgan fingerprint density at radius 3 is 2.16 bits per heavy atom. The van der Waals surface area contributed by atoms with Gasteiger partial charge >= 0.3 is 11.9 Å². The van der Waals surface area contributed by atoms with Gasteiger partial charge in [-0.3, -0.25) is 23.6 Å². The van der Waals surface area contributed by atoms with Gasteiger partial charge in [-0.05, 0) is 49.2 Å². The Bertz CT molecular complexity index is 1960. The molecule has 6 rings (SSSR count). The van der Waals surface area contributed by atoms with E-state index in [2.05, 4.69) is 34.1 Å². The zero-order valence-corrected chi connectivity index (χ0v) is 28.0. The van der Waals surface area contributed by atoms with Crippen molar-refractivity contribution >= 4 is 40.7 Å². The van der Waals surface area contributed by atoms with Gasteiger partial charge in [0.15, 0.2) is 11.2 Å². The van der Waals surface area contributed by atoms with E-state index in [-0.39, 0.29) is 45.9 Å². The van der Waals surface area contributed by atoms with Crippen LogP contribution in [0.25, 0.3) is 11.0 Å². The van der Waals surface area contributed by atoms with Gasteiger partial charge in [0, 0.05) is 50.4 Å². The smallest absolute Gasteiger partial charge is 0.340 e. The zero-order valence-electron chi connectivity index (χ0n) is 27.2. The Hall–Kier alpha value is -5.26. The summed E-state index contributed by atoms with van der Waals surface area (Å²) >= 11 is 0.836. The molecule has 0 spiro atoms. The van der Waals surface area contributed by atoms with E-state index in [0.29, 0.717) is 31.6 Å². The Morgan fingerprint density at radius 2 is 1.51 bits per heavy atom. The number of rotatable bonds is 10. The third-order valence-corrected chi connectivity index (χ3v) is 9.60. The number of piperazine rings is 1. The number of amides is 2. The molecule has 49 heavy (non-hydrogen) atoms. The van der Waals surface area contributed by atoms with Crippen molar-refractivity contribution in [2.75, 3.05) is 32.8 Å². The number of hydrogen-bond donors (Lipinski definition) is 0. The standard InChI is InChI=1S/C38H36N4O6S/c1-3-47-38(46)30-18-12-20-39-35(30)49-42(37(45)33-25-31(43)29-17-10-11-19-32(29)48-33)26(2)36(44)41-23-21-40(22-24-41)34(27-13-6-4-7-14-27)28-15-8-5-9-16-28/h4-20,25-26,34H,3,21-24H2,1-2H3/t26-/m1/s1. The largest absolute Gasteiger partial charge is 0.462 e. The van der Waals surface area contributed by atoms with Gasteiger partial charge < -0.3 is 14.1 Å². The highest BCUT2D eigenvalue weighted by atomic mass is 32.2. The lowest BCUT2D eigenvalue weighted by atomic mass is 9.96. The predicted molar refractivity (Wildman–Crippen MR) is 187 cm³/mol. The summed E-state index contributed by atoms with van der Waals surface area (Å²) in [4.78, 5) is 62.6. The molecule has 0 saturated carbocycles. The Morgan fingerprint density at radius 1 is 0.878 bits per heavy atom. The number of ether oxygens (including phenoxy) is 1. The molecular formula is C38H36N4O6S. The summed E-state index contributed by atoms with van der Waals surface area (Å²) in [5.41, 5.74) is 2.34. The van der Waals surface area contributed by atoms with Crippen LogP contribution in [-0.4, -0.2) is 75.7 Å². The summed E-state index contributed by atoms with van der Waals surface area (Å²) in [7, 11) is 0. The highest BCUT2D eigenvalue weighted by molar-refractivity contribution is 7.97. The fourth-order valence-electron chi connectivity index (χ4n) is 5.99. The van der Waals surface area contributed by atoms with E-state index < -0.39 is 17.9 Å². The van der Waals surface area contributed by atoms with Gasteiger partial charge in [-0.25, -0.2) is 9.78 Å². The SMILES string of the molecule is CCOC(=O)c1cccnc1SN(C(=O)c1cc(=O)c2ccccc2o1)[C@H](C)C(=O)N1CCN(C(c2ccccc2)c2ccccc2)CC1. The monoisotopic (exact) mass is 676 g/mol. The van der Waals surface area contributed by atoms with Crippen molar-refractivity contribution in [3.05, 3.63) is 142 Å². The van der Waals surface area contributed by atoms with Crippen LogP contribution in [0.1, 0.15) is 51.9 Å². The number of carbonyl (C=O) groups excluding carboxylic acids is 3. The molecule has 2 aromatic heterocycles. The van der Waals surface area contributed by atoms with Gasteiger partial charge in [-0.15, -0.1) is 0 Å². The summed E-state index contributed by atoms with van der Waals surface area (Å²) in [6.07, 6.45) is 1.49. The summed E-state index contributed by atoms with van der Waals surface area (Å²) in [5.74, 6) is -1.83. The second-order valence-corrected chi connectivity index (χ2v) is 12.5. The van der Waals surface area contributed by atoms with Crippen LogP contribution in [-0.2, 0) is 9.53 Å². The molecule has 0 radical (unpaired) electrons. The molecule has 3 aromatic carbocycles. The molecule has 1 atom stereocenters. The van der Waals surface area contributed by atoms with E-state index in [1.807, 2.05) is 36.4 Å². The number of benzene rings is 3. The van der Waals surface area contributed by atoms with E-state index in [4.69, 9.17) is 9.15 Å². The lowest BCUT2D eigenvalue weighted by Crippen LogP contribution is -2.54. The first-order valence-corrected chi connectivity index (χ1v) is 16.9. The van der Waals surface area contributed by atoms with Gasteiger partial charge in [0.05, 0.1) is 23.6 Å². The number of fused-ring (bicyclic) bond motifs is 1. The molecule has 11 heteroatoms. The van der Waals surface area contributed by atoms with E-state index in [1.165, 1.54) is 21.6 Å². The number of aromatic nitrogens is 1. The Kier molecular flexibility index (Phi) is 10.5. The summed E-state index contributed by atoms with van der Waals surface area (Å²) in [6, 6.07) is 30.5. The van der Waals surface area contributed by atoms with Gasteiger partial charge in [-0.2, -0.15) is 0 Å². The van der Waals surface area contributed by atoms with Crippen molar-refractivity contribution in [2.24, 2.45) is 0 Å². The van der Waals surface area contributed by atoms with Crippen molar-refractivity contribution in [3.63, 3.8) is 0 Å². The van der Waals surface area contributed by atoms with Crippen molar-refractivity contribution < 1.29 is 23.5 Å². The zero-order chi connectivity index (χ0) is 34.3. The molecule has 1 aliphatic rings. The fourth-order valence-corrected chi connectivity index (χ4v) is 6.95. The van der Waals surface area contributed by atoms with Crippen LogP contribution >= 0.6 is 11.9 Å². The molecule has 250 valence electrons. The van der Waals surface area contributed by atoms with Gasteiger partial charge in [0.2, 0.25) is 5.91 Å². The third kappa shape index (κ3) is 7.43. The van der Waals surface area contributed by atoms with Crippen LogP contribution in [0.5, 0.6) is 0 Å². The number of pyridine rings is 1. The molecule has 0 aliphatic carbocycles. The summed E-state index contributed by atoms with van der Waals surface area (Å²) in [5, 5.41) is 0.509. The summed E-state index contributed by atoms with van der Waals surface area (Å²) in [6.45, 7) is 5.58. The van der Waals surface area contributed by atoms with E-state index in [9.17, 15) is 19.2 Å². The average molecular weight is 677 g/mol. The maximum Gasteiger partial charge on any atom is 0.340 e. The molecule has 5 aromatic rings. The Labute approximate surface area is 288 Å². The number of carbonyl (C=O) groups is 3. The van der Waals surface area contributed by atoms with Gasteiger partial charge in [-0.1, -0.05) is 72.8 Å². The summed E-state index contributed by atoms with van der Waals surface area (Å²) < 4.78 is 12.3. The molecule has 2 amide bonds. The predicted octanol–water partition coefficient (Wildman–Crippen LogP) is 5.84. The molecule has 1 aliphatic heterocycles. The van der Waals surface area contributed by atoms with Crippen molar-refractivity contribution in [2.45, 2.75) is 31.0 Å². The van der Waals surface area contributed by atoms with E-state index >= 15 is 0 Å². The van der Waals surface area contributed by atoms with Crippen LogP contribution < -0.4 is 5.43 Å². The Balaban J connectivity index is 1.27. The fraction of sp³-hybridized carbons (Fsp3) is 0.237. The molecule has 1 saturated heterocycles. The molecule has 3 heterocycles. The van der Waals surface area contributed by atoms with Crippen LogP contribution in [0.15, 0.2) is 124 Å². The highest BCUT2D eigenvalue weighted by Crippen LogP contribution is 2.32. The van der Waals surface area contributed by atoms with E-state index in [1.54, 1.807) is 55.1 Å². The van der Waals surface area contributed by atoms with Crippen LogP contribution in [0.2, 0.25) is 0 Å². The average Bonchev–Trinajstić information content (AvgIpc) is 3.14. The normalized spacial score (nSPS) is 14.1. The number of esters is 1. The number of para-hydroxylation sites is 1. The minimum Gasteiger partial charge on any atom is -0.462 e. The van der Waals surface area contributed by atoms with Crippen LogP contribution in [0.4, 0.5) is 0 Å². The van der Waals surface area contributed by atoms with E-state index in [0.717, 1.165) is 18.0 Å². The van der Waals surface area contributed by atoms with Crippen LogP contribution in [0, 0.1) is 0 Å². The quantitative estimate of drug-likeness (QED) is 0.133. The third-order valence-electron chi connectivity index (χ3n) is 8.43. The highest BCUT2D eigenvalue weighted by Gasteiger charge is 2.36. The minimum absolute atomic E-state index is 0.0203.